The molecular formula is C21H27Cl2N3O4S. The molecule has 5 rings (SSSR count). The molecule has 0 radical (unpaired) electrons. The molecule has 4 saturated carbocycles. The molecule has 4 bridgehead atoms. The lowest BCUT2D eigenvalue weighted by Crippen LogP contribution is -2.65. The van der Waals surface area contributed by atoms with E-state index in [1.807, 2.05) is 0 Å². The van der Waals surface area contributed by atoms with Gasteiger partial charge in [0.05, 0.1) is 10.0 Å². The Hall–Kier alpha value is -1.35. The van der Waals surface area contributed by atoms with Crippen LogP contribution in [0.2, 0.25) is 10.0 Å². The number of nitrogens with two attached hydrogens (primary N) is 1. The predicted octanol–water partition coefficient (Wildman–Crippen LogP) is 2.85. The summed E-state index contributed by atoms with van der Waals surface area (Å²) in [5.74, 6) is 0.152. The minimum absolute atomic E-state index is 0.0194. The van der Waals surface area contributed by atoms with Crippen molar-refractivity contribution in [3.63, 3.8) is 0 Å². The second-order valence-electron chi connectivity index (χ2n) is 9.90. The summed E-state index contributed by atoms with van der Waals surface area (Å²) in [5, 5.41) is 3.04. The summed E-state index contributed by atoms with van der Waals surface area (Å²) < 4.78 is 28.3. The second kappa shape index (κ2) is 7.61. The zero-order valence-electron chi connectivity index (χ0n) is 17.5. The fourth-order valence-corrected chi connectivity index (χ4v) is 8.59. The highest BCUT2D eigenvalue weighted by Crippen LogP contribution is 2.59. The highest BCUT2D eigenvalue weighted by molar-refractivity contribution is 7.89. The molecule has 1 aromatic carbocycles. The molecule has 0 heterocycles. The average molecular weight is 488 g/mol. The van der Waals surface area contributed by atoms with Crippen molar-refractivity contribution in [1.82, 2.24) is 10.0 Å². The third-order valence-corrected chi connectivity index (χ3v) is 9.85. The van der Waals surface area contributed by atoms with E-state index in [2.05, 4.69) is 10.0 Å². The first kappa shape index (κ1) is 22.8. The first-order valence-corrected chi connectivity index (χ1v) is 12.7. The van der Waals surface area contributed by atoms with Crippen LogP contribution in [0.15, 0.2) is 23.1 Å². The van der Waals surface area contributed by atoms with E-state index in [0.717, 1.165) is 19.3 Å². The van der Waals surface area contributed by atoms with Crippen LogP contribution >= 0.6 is 23.2 Å². The molecule has 4 fully saturated rings. The number of sulfonamides is 1. The number of amides is 2. The van der Waals surface area contributed by atoms with Crippen LogP contribution < -0.4 is 15.8 Å². The fraction of sp³-hybridized carbons (Fsp3) is 0.619. The summed E-state index contributed by atoms with van der Waals surface area (Å²) in [6.07, 6.45) is 4.12. The van der Waals surface area contributed by atoms with Gasteiger partial charge in [-0.2, -0.15) is 4.72 Å². The molecule has 2 atom stereocenters. The van der Waals surface area contributed by atoms with E-state index in [9.17, 15) is 18.0 Å². The van der Waals surface area contributed by atoms with Crippen LogP contribution in [0.25, 0.3) is 0 Å². The van der Waals surface area contributed by atoms with Crippen molar-refractivity contribution in [3.8, 4) is 0 Å². The largest absolute Gasteiger partial charge is 0.369 e. The Labute approximate surface area is 192 Å². The minimum atomic E-state index is -4.14. The van der Waals surface area contributed by atoms with E-state index >= 15 is 0 Å². The maximum atomic E-state index is 13.2. The van der Waals surface area contributed by atoms with Crippen LogP contribution in [-0.4, -0.2) is 31.8 Å². The Morgan fingerprint density at radius 2 is 1.65 bits per heavy atom. The second-order valence-corrected chi connectivity index (χ2v) is 12.3. The van der Waals surface area contributed by atoms with Crippen LogP contribution in [0, 0.1) is 23.2 Å². The molecule has 4 N–H and O–H groups in total. The Balaban J connectivity index is 1.51. The van der Waals surface area contributed by atoms with Crippen molar-refractivity contribution in [1.29, 1.82) is 0 Å². The van der Waals surface area contributed by atoms with Crippen LogP contribution in [-0.2, 0) is 19.6 Å². The SMILES string of the molecule is CC(C)(NS(=O)(=O)c1c(Cl)cccc1Cl)C(=O)NC1C2CC3CC1CC(C(N)=O)(C3)C2. The lowest BCUT2D eigenvalue weighted by atomic mass is 9.47. The van der Waals surface area contributed by atoms with Gasteiger partial charge in [-0.25, -0.2) is 8.42 Å². The van der Waals surface area contributed by atoms with E-state index in [1.54, 1.807) is 6.07 Å². The number of rotatable bonds is 6. The van der Waals surface area contributed by atoms with Crippen molar-refractivity contribution in [2.24, 2.45) is 28.9 Å². The summed E-state index contributed by atoms with van der Waals surface area (Å²) in [6, 6.07) is 4.31. The van der Waals surface area contributed by atoms with E-state index in [4.69, 9.17) is 28.9 Å². The van der Waals surface area contributed by atoms with Crippen LogP contribution in [0.3, 0.4) is 0 Å². The van der Waals surface area contributed by atoms with Crippen molar-refractivity contribution in [2.45, 2.75) is 62.4 Å². The third kappa shape index (κ3) is 3.96. The third-order valence-electron chi connectivity index (χ3n) is 7.24. The molecule has 7 nitrogen and oxygen atoms in total. The van der Waals surface area contributed by atoms with Gasteiger partial charge in [-0.05, 0) is 75.8 Å². The van der Waals surface area contributed by atoms with Crippen LogP contribution in [0.1, 0.15) is 46.0 Å². The van der Waals surface area contributed by atoms with E-state index < -0.39 is 26.9 Å². The Morgan fingerprint density at radius 3 is 2.16 bits per heavy atom. The maximum absolute atomic E-state index is 13.2. The summed E-state index contributed by atoms with van der Waals surface area (Å²) in [7, 11) is -4.14. The topological polar surface area (TPSA) is 118 Å². The van der Waals surface area contributed by atoms with Gasteiger partial charge in [0.1, 0.15) is 10.4 Å². The number of halogens is 2. The molecule has 10 heteroatoms. The Bertz CT molecular complexity index is 1010. The van der Waals surface area contributed by atoms with Gasteiger partial charge in [0.15, 0.2) is 0 Å². The molecule has 2 amide bonds. The highest BCUT2D eigenvalue weighted by atomic mass is 35.5. The van der Waals surface area contributed by atoms with E-state index in [0.29, 0.717) is 18.8 Å². The van der Waals surface area contributed by atoms with Gasteiger partial charge in [-0.3, -0.25) is 9.59 Å². The Kier molecular flexibility index (Phi) is 5.60. The van der Waals surface area contributed by atoms with Crippen LogP contribution in [0.4, 0.5) is 0 Å². The van der Waals surface area contributed by atoms with Gasteiger partial charge < -0.3 is 11.1 Å². The molecule has 0 aliphatic heterocycles. The predicted molar refractivity (Wildman–Crippen MR) is 118 cm³/mol. The van der Waals surface area contributed by atoms with Gasteiger partial charge in [0.2, 0.25) is 21.8 Å². The lowest BCUT2D eigenvalue weighted by Gasteiger charge is -2.59. The maximum Gasteiger partial charge on any atom is 0.244 e. The van der Waals surface area contributed by atoms with Gasteiger partial charge in [-0.1, -0.05) is 29.3 Å². The molecule has 170 valence electrons. The summed E-state index contributed by atoms with van der Waals surface area (Å²) in [4.78, 5) is 25.0. The monoisotopic (exact) mass is 487 g/mol. The summed E-state index contributed by atoms with van der Waals surface area (Å²) in [5.41, 5.74) is 3.85. The number of hydrogen-bond donors (Lipinski definition) is 3. The molecule has 4 aliphatic rings. The fourth-order valence-electron chi connectivity index (χ4n) is 6.07. The molecule has 0 aromatic heterocycles. The first-order chi connectivity index (χ1) is 14.3. The van der Waals surface area contributed by atoms with Crippen molar-refractivity contribution >= 4 is 45.0 Å². The van der Waals surface area contributed by atoms with Crippen molar-refractivity contribution < 1.29 is 18.0 Å². The van der Waals surface area contributed by atoms with E-state index in [1.165, 1.54) is 26.0 Å². The first-order valence-electron chi connectivity index (χ1n) is 10.4. The number of hydrogen-bond acceptors (Lipinski definition) is 4. The number of primary amides is 1. The average Bonchev–Trinajstić information content (AvgIpc) is 2.62. The minimum Gasteiger partial charge on any atom is -0.369 e. The lowest BCUT2D eigenvalue weighted by molar-refractivity contribution is -0.148. The van der Waals surface area contributed by atoms with Gasteiger partial charge >= 0.3 is 0 Å². The zero-order valence-corrected chi connectivity index (χ0v) is 19.8. The van der Waals surface area contributed by atoms with Crippen molar-refractivity contribution in [3.05, 3.63) is 28.2 Å². The molecule has 0 spiro atoms. The molecule has 31 heavy (non-hydrogen) atoms. The molecular weight excluding hydrogens is 461 g/mol. The molecule has 0 saturated heterocycles. The summed E-state index contributed by atoms with van der Waals surface area (Å²) in [6.45, 7) is 3.01. The smallest absolute Gasteiger partial charge is 0.244 e. The number of carbonyl (C=O) groups is 2. The summed E-state index contributed by atoms with van der Waals surface area (Å²) >= 11 is 12.1. The zero-order chi connectivity index (χ0) is 22.8. The number of benzene rings is 1. The van der Waals surface area contributed by atoms with E-state index in [-0.39, 0.29) is 38.7 Å². The highest BCUT2D eigenvalue weighted by Gasteiger charge is 2.58. The Morgan fingerprint density at radius 1 is 1.10 bits per heavy atom. The normalized spacial score (nSPS) is 32.1. The number of carbonyl (C=O) groups excluding carboxylic acids is 2. The quantitative estimate of drug-likeness (QED) is 0.571. The van der Waals surface area contributed by atoms with Gasteiger partial charge in [-0.15, -0.1) is 0 Å². The molecule has 2 unspecified atom stereocenters. The van der Waals surface area contributed by atoms with Gasteiger partial charge in [0.25, 0.3) is 0 Å². The molecule has 4 aliphatic carbocycles. The van der Waals surface area contributed by atoms with Gasteiger partial charge in [0, 0.05) is 11.5 Å². The molecule has 1 aromatic rings. The van der Waals surface area contributed by atoms with Crippen LogP contribution in [0.5, 0.6) is 0 Å². The number of nitrogens with one attached hydrogen (secondary N) is 2. The van der Waals surface area contributed by atoms with Crippen molar-refractivity contribution in [2.75, 3.05) is 0 Å². The standard InChI is InChI=1S/C21H27Cl2N3O4S/c1-20(2,26-31(29,30)17-14(22)4-3-5-15(17)23)19(28)25-16-12-6-11-7-13(16)10-21(8-11,9-12)18(24)27/h3-5,11-13,16,26H,6-10H2,1-2H3,(H2,24,27)(H,25,28).